The number of hydrogen-bond donors (Lipinski definition) is 2. The van der Waals surface area contributed by atoms with E-state index in [2.05, 4.69) is 118 Å². The Morgan fingerprint density at radius 2 is 1.18 bits per heavy atom. The predicted molar refractivity (Wildman–Crippen MR) is 292 cm³/mol. The highest BCUT2D eigenvalue weighted by Gasteiger charge is 2.38. The number of benzene rings is 2. The fourth-order valence-corrected chi connectivity index (χ4v) is 6.84. The number of halogens is 3. The van der Waals surface area contributed by atoms with Gasteiger partial charge >= 0.3 is 6.18 Å². The number of nitrogens with zero attached hydrogens (tertiary/aromatic N) is 1. The van der Waals surface area contributed by atoms with Crippen LogP contribution in [0.2, 0.25) is 0 Å². The van der Waals surface area contributed by atoms with E-state index in [0.717, 1.165) is 69.0 Å². The summed E-state index contributed by atoms with van der Waals surface area (Å²) in [5, 5.41) is 6.73. The maximum atomic E-state index is 12.8. The minimum absolute atomic E-state index is 0.0631. The number of Topliss-reactive ketones (excluding diaryl/α,β-unsaturated/α-hetero) is 2. The molecular weight excluding hydrogens is 856 g/mol. The van der Waals surface area contributed by atoms with E-state index in [1.165, 1.54) is 16.7 Å². The number of likely N-dealkylation sites (tertiary alicyclic amines) is 1. The molecule has 2 N–H and O–H groups in total. The van der Waals surface area contributed by atoms with Gasteiger partial charge in [0.15, 0.2) is 11.6 Å². The van der Waals surface area contributed by atoms with Crippen LogP contribution in [0.1, 0.15) is 200 Å². The van der Waals surface area contributed by atoms with Crippen LogP contribution in [0.15, 0.2) is 103 Å². The molecule has 0 radical (unpaired) electrons. The largest absolute Gasteiger partial charge is 0.388 e. The van der Waals surface area contributed by atoms with Gasteiger partial charge in [0, 0.05) is 30.8 Å². The SMILES string of the molecule is C=C(C(C)=O)C(C)C.C=C(C(NC(=O)CC(C)(C)C)C1Cc2ccccc2C1)N1CCCC1C(C)=O.C=C(CCC)NC(C(=C)C)c1ccccc1.CC.CC.CC.CC.CC.CCC(F)(F)F. The first kappa shape index (κ1) is 72.6. The third-order valence-corrected chi connectivity index (χ3v) is 10.1. The van der Waals surface area contributed by atoms with Gasteiger partial charge in [-0.3, -0.25) is 14.4 Å². The molecule has 0 bridgehead atoms. The van der Waals surface area contributed by atoms with Crippen LogP contribution in [0.5, 0.6) is 0 Å². The Balaban J connectivity index is -0.000000279. The molecular formula is C59H102F3N3O3. The van der Waals surface area contributed by atoms with E-state index in [4.69, 9.17) is 0 Å². The van der Waals surface area contributed by atoms with Crippen LogP contribution in [0.3, 0.4) is 0 Å². The van der Waals surface area contributed by atoms with Crippen LogP contribution < -0.4 is 10.6 Å². The number of ketones is 2. The second-order valence-corrected chi connectivity index (χ2v) is 17.1. The first-order chi connectivity index (χ1) is 31.9. The number of hydrogen-bond acceptors (Lipinski definition) is 5. The highest BCUT2D eigenvalue weighted by Crippen LogP contribution is 2.34. The van der Waals surface area contributed by atoms with Crippen molar-refractivity contribution in [3.63, 3.8) is 0 Å². The third-order valence-electron chi connectivity index (χ3n) is 10.1. The van der Waals surface area contributed by atoms with E-state index in [0.29, 0.717) is 17.9 Å². The Bertz CT molecular complexity index is 1650. The Hall–Kier alpha value is -4.40. The topological polar surface area (TPSA) is 78.5 Å². The highest BCUT2D eigenvalue weighted by atomic mass is 19.4. The standard InChI is InChI=1S/C24H34N2O2.C15H21N.C7H12O.C3H5F3.5C2H6/c1-16(26-12-8-11-21(26)17(2)27)23(25-22(28)15-24(3,4)5)20-13-18-9-6-7-10-19(18)14-20;1-5-9-13(4)16-15(12(2)3)14-10-7-6-8-11-14;1-5(2)6(3)7(4)8;1-2-3(4,5)6;5*1-2/h6-7,9-10,20-21,23H,1,8,11-15H2,2-5H3,(H,25,28);6-8,10-11,15-16H,2,4-5,9H2,1,3H3;5H,3H2,1-2,4H3;2H2,1H3;5*1-2H3. The minimum Gasteiger partial charge on any atom is -0.378 e. The van der Waals surface area contributed by atoms with Gasteiger partial charge in [-0.2, -0.15) is 13.2 Å². The Labute approximate surface area is 417 Å². The molecule has 4 rings (SSSR count). The molecule has 3 atom stereocenters. The number of nitrogens with one attached hydrogen (secondary N) is 2. The molecule has 1 fully saturated rings. The zero-order valence-electron chi connectivity index (χ0n) is 47.1. The Morgan fingerprint density at radius 3 is 1.51 bits per heavy atom. The summed E-state index contributed by atoms with van der Waals surface area (Å²) in [6.07, 6.45) is 1.67. The van der Waals surface area contributed by atoms with Gasteiger partial charge in [-0.05, 0) is 92.4 Å². The van der Waals surface area contributed by atoms with E-state index >= 15 is 0 Å². The monoisotopic (exact) mass is 958 g/mol. The van der Waals surface area contributed by atoms with E-state index in [9.17, 15) is 27.6 Å². The van der Waals surface area contributed by atoms with Crippen LogP contribution in [0, 0.1) is 17.3 Å². The fraction of sp³-hybridized carbons (Fsp3) is 0.610. The summed E-state index contributed by atoms with van der Waals surface area (Å²) in [5.74, 6) is 0.927. The Kier molecular flexibility index (Phi) is 44.4. The molecule has 392 valence electrons. The van der Waals surface area contributed by atoms with Crippen molar-refractivity contribution < 1.29 is 27.6 Å². The van der Waals surface area contributed by atoms with Gasteiger partial charge in [-0.25, -0.2) is 0 Å². The van der Waals surface area contributed by atoms with Crippen molar-refractivity contribution in [2.75, 3.05) is 6.54 Å². The molecule has 2 aromatic carbocycles. The molecule has 2 aromatic rings. The normalized spacial score (nSPS) is 13.9. The molecule has 1 aliphatic heterocycles. The number of carbonyl (C=O) groups excluding carboxylic acids is 3. The smallest absolute Gasteiger partial charge is 0.378 e. The van der Waals surface area contributed by atoms with Crippen molar-refractivity contribution in [2.45, 2.75) is 214 Å². The van der Waals surface area contributed by atoms with Gasteiger partial charge in [0.05, 0.1) is 18.1 Å². The second kappa shape index (κ2) is 41.6. The second-order valence-electron chi connectivity index (χ2n) is 17.1. The van der Waals surface area contributed by atoms with Crippen molar-refractivity contribution >= 4 is 17.5 Å². The molecule has 0 aromatic heterocycles. The van der Waals surface area contributed by atoms with Gasteiger partial charge in [-0.15, -0.1) is 0 Å². The van der Waals surface area contributed by atoms with Gasteiger partial charge < -0.3 is 15.5 Å². The number of rotatable bonds is 14. The Morgan fingerprint density at radius 1 is 0.735 bits per heavy atom. The van der Waals surface area contributed by atoms with Gasteiger partial charge in [-0.1, -0.05) is 211 Å². The predicted octanol–water partition coefficient (Wildman–Crippen LogP) is 17.0. The van der Waals surface area contributed by atoms with Gasteiger partial charge in [0.2, 0.25) is 5.91 Å². The summed E-state index contributed by atoms with van der Waals surface area (Å²) in [6, 6.07) is 18.8. The summed E-state index contributed by atoms with van der Waals surface area (Å²) in [5.41, 5.74) is 7.71. The van der Waals surface area contributed by atoms with Crippen molar-refractivity contribution in [3.8, 4) is 0 Å². The van der Waals surface area contributed by atoms with E-state index in [1.807, 2.05) is 96.1 Å². The van der Waals surface area contributed by atoms with Crippen molar-refractivity contribution in [1.29, 1.82) is 0 Å². The quantitative estimate of drug-likeness (QED) is 0.146. The van der Waals surface area contributed by atoms with Crippen molar-refractivity contribution in [1.82, 2.24) is 15.5 Å². The molecule has 0 saturated carbocycles. The maximum absolute atomic E-state index is 12.8. The lowest BCUT2D eigenvalue weighted by Gasteiger charge is -2.36. The van der Waals surface area contributed by atoms with Crippen molar-refractivity contribution in [2.24, 2.45) is 17.3 Å². The third kappa shape index (κ3) is 32.4. The summed E-state index contributed by atoms with van der Waals surface area (Å²) in [6.45, 7) is 55.6. The first-order valence-electron chi connectivity index (χ1n) is 25.6. The first-order valence-corrected chi connectivity index (χ1v) is 25.6. The van der Waals surface area contributed by atoms with Crippen LogP contribution in [0.25, 0.3) is 0 Å². The molecule has 1 saturated heterocycles. The summed E-state index contributed by atoms with van der Waals surface area (Å²) in [4.78, 5) is 37.6. The van der Waals surface area contributed by atoms with Gasteiger partial charge in [0.1, 0.15) is 0 Å². The number of allylic oxidation sites excluding steroid dienone is 2. The molecule has 6 nitrogen and oxygen atoms in total. The summed E-state index contributed by atoms with van der Waals surface area (Å²) in [7, 11) is 0. The molecule has 68 heavy (non-hydrogen) atoms. The molecule has 1 aliphatic carbocycles. The zero-order chi connectivity index (χ0) is 54.4. The molecule has 9 heteroatoms. The lowest BCUT2D eigenvalue weighted by atomic mass is 9.89. The highest BCUT2D eigenvalue weighted by molar-refractivity contribution is 5.92. The fourth-order valence-electron chi connectivity index (χ4n) is 6.84. The van der Waals surface area contributed by atoms with Crippen LogP contribution in [0.4, 0.5) is 13.2 Å². The average Bonchev–Trinajstić information content (AvgIpc) is 3.99. The summed E-state index contributed by atoms with van der Waals surface area (Å²) >= 11 is 0. The number of alkyl halides is 3. The zero-order valence-corrected chi connectivity index (χ0v) is 47.1. The number of carbonyl (C=O) groups is 3. The van der Waals surface area contributed by atoms with E-state index < -0.39 is 12.6 Å². The molecule has 1 heterocycles. The molecule has 3 unspecified atom stereocenters. The number of fused-ring (bicyclic) bond motifs is 1. The van der Waals surface area contributed by atoms with Crippen LogP contribution in [-0.2, 0) is 27.2 Å². The van der Waals surface area contributed by atoms with Crippen LogP contribution >= 0.6 is 0 Å². The van der Waals surface area contributed by atoms with Gasteiger partial charge in [0.25, 0.3) is 0 Å². The lowest BCUT2D eigenvalue weighted by Crippen LogP contribution is -2.49. The van der Waals surface area contributed by atoms with Crippen molar-refractivity contribution in [3.05, 3.63) is 120 Å². The van der Waals surface area contributed by atoms with Crippen LogP contribution in [-0.4, -0.2) is 47.2 Å². The molecule has 1 amide bonds. The average molecular weight is 958 g/mol. The van der Waals surface area contributed by atoms with E-state index in [1.54, 1.807) is 13.8 Å². The minimum atomic E-state index is -3.96. The lowest BCUT2D eigenvalue weighted by molar-refractivity contribution is -0.130. The summed E-state index contributed by atoms with van der Waals surface area (Å²) < 4.78 is 32.4. The number of amides is 1. The van der Waals surface area contributed by atoms with E-state index in [-0.39, 0.29) is 46.9 Å². The molecule has 0 spiro atoms. The maximum Gasteiger partial charge on any atom is 0.388 e. The molecule has 2 aliphatic rings.